The number of pyridine rings is 1. The van der Waals surface area contributed by atoms with Gasteiger partial charge in [0, 0.05) is 25.4 Å². The summed E-state index contributed by atoms with van der Waals surface area (Å²) in [6.07, 6.45) is 1.73. The molecular weight excluding hydrogens is 684 g/mol. The number of para-hydroxylation sites is 1. The highest BCUT2D eigenvalue weighted by Gasteiger charge is 2.26. The molecule has 1 aromatic heterocycles. The van der Waals surface area contributed by atoms with E-state index in [0.717, 1.165) is 22.4 Å². The number of aryl methyl sites for hydroxylation is 1. The van der Waals surface area contributed by atoms with Crippen molar-refractivity contribution in [3.63, 3.8) is 0 Å². The van der Waals surface area contributed by atoms with E-state index in [1.807, 2.05) is 67.6 Å². The molecule has 280 valence electrons. The molecule has 5 rings (SSSR count). The molecule has 0 bridgehead atoms. The number of rotatable bonds is 14. The quantitative estimate of drug-likeness (QED) is 0.0660. The summed E-state index contributed by atoms with van der Waals surface area (Å²) in [7, 11) is 3.04. The highest BCUT2D eigenvalue weighted by Crippen LogP contribution is 2.36. The van der Waals surface area contributed by atoms with Crippen molar-refractivity contribution in [3.05, 3.63) is 131 Å². The Bertz CT molecular complexity index is 2090. The summed E-state index contributed by atoms with van der Waals surface area (Å²) in [6.45, 7) is 8.17. The third-order valence-corrected chi connectivity index (χ3v) is 8.34. The standard InChI is InChI=1S/C43H46N4O7/c1-28-15-22-35(37(26-28)53-27-29-16-18-30(19-17-29)34-13-9-10-23-45-34)47(5)41(49)32-20-21-33(40(51-6)38(32)44)39(48)31-12-7-8-14-36(31)52-25-11-24-46-42(50)54-43(2,3)4/h7-10,12-23,26H,11,24-25,27,44H2,1-6H3,(H,46,50). The van der Waals surface area contributed by atoms with Gasteiger partial charge in [-0.1, -0.05) is 48.5 Å². The number of nitrogens with one attached hydrogen (secondary N) is 1. The van der Waals surface area contributed by atoms with E-state index in [1.54, 1.807) is 58.3 Å². The second-order valence-electron chi connectivity index (χ2n) is 13.6. The molecule has 11 nitrogen and oxygen atoms in total. The molecule has 0 aliphatic rings. The van der Waals surface area contributed by atoms with Crippen molar-refractivity contribution in [1.29, 1.82) is 0 Å². The van der Waals surface area contributed by atoms with Crippen LogP contribution in [0.15, 0.2) is 103 Å². The van der Waals surface area contributed by atoms with E-state index in [0.29, 0.717) is 35.7 Å². The molecule has 11 heteroatoms. The summed E-state index contributed by atoms with van der Waals surface area (Å²) in [5, 5.41) is 2.69. The summed E-state index contributed by atoms with van der Waals surface area (Å²) in [5.41, 5.74) is 10.9. The SMILES string of the molecule is COc1c(C(=O)c2ccccc2OCCCNC(=O)OC(C)(C)C)ccc(C(=O)N(C)c2ccc(C)cc2OCc2ccc(-c3ccccn3)cc2)c1N. The van der Waals surface area contributed by atoms with Gasteiger partial charge in [-0.25, -0.2) is 4.79 Å². The largest absolute Gasteiger partial charge is 0.494 e. The van der Waals surface area contributed by atoms with E-state index in [-0.39, 0.29) is 35.8 Å². The lowest BCUT2D eigenvalue weighted by Crippen LogP contribution is -2.33. The lowest BCUT2D eigenvalue weighted by molar-refractivity contribution is 0.0525. The molecule has 5 aromatic rings. The van der Waals surface area contributed by atoms with Gasteiger partial charge in [-0.15, -0.1) is 0 Å². The summed E-state index contributed by atoms with van der Waals surface area (Å²) in [5.74, 6) is 0.147. The van der Waals surface area contributed by atoms with Gasteiger partial charge in [-0.2, -0.15) is 0 Å². The molecule has 54 heavy (non-hydrogen) atoms. The topological polar surface area (TPSA) is 142 Å². The van der Waals surface area contributed by atoms with Crippen molar-refractivity contribution in [3.8, 4) is 28.5 Å². The average molecular weight is 731 g/mol. The number of amides is 2. The summed E-state index contributed by atoms with van der Waals surface area (Å²) in [4.78, 5) is 45.7. The third-order valence-electron chi connectivity index (χ3n) is 8.34. The number of hydrogen-bond donors (Lipinski definition) is 2. The van der Waals surface area contributed by atoms with Crippen LogP contribution in [0.25, 0.3) is 11.3 Å². The van der Waals surface area contributed by atoms with E-state index in [1.165, 1.54) is 24.1 Å². The second-order valence-corrected chi connectivity index (χ2v) is 13.6. The highest BCUT2D eigenvalue weighted by molar-refractivity contribution is 6.16. The molecule has 4 aromatic carbocycles. The van der Waals surface area contributed by atoms with Gasteiger partial charge < -0.3 is 34.9 Å². The molecule has 0 radical (unpaired) electrons. The first-order valence-corrected chi connectivity index (χ1v) is 17.6. The molecule has 0 atom stereocenters. The van der Waals surface area contributed by atoms with Crippen molar-refractivity contribution >= 4 is 29.2 Å². The zero-order chi connectivity index (χ0) is 38.8. The van der Waals surface area contributed by atoms with Crippen LogP contribution >= 0.6 is 0 Å². The van der Waals surface area contributed by atoms with Crippen LogP contribution in [0, 0.1) is 6.92 Å². The van der Waals surface area contributed by atoms with Crippen molar-refractivity contribution in [2.24, 2.45) is 0 Å². The first kappa shape index (κ1) is 38.9. The Balaban J connectivity index is 1.29. The summed E-state index contributed by atoms with van der Waals surface area (Å²) >= 11 is 0. The van der Waals surface area contributed by atoms with Crippen LogP contribution in [0.5, 0.6) is 17.2 Å². The third kappa shape index (κ3) is 9.74. The summed E-state index contributed by atoms with van der Waals surface area (Å²) < 4.78 is 23.1. The number of nitrogen functional groups attached to an aromatic ring is 1. The number of alkyl carbamates (subject to hydrolysis) is 1. The van der Waals surface area contributed by atoms with Crippen LogP contribution in [0.2, 0.25) is 0 Å². The van der Waals surface area contributed by atoms with E-state index >= 15 is 0 Å². The van der Waals surface area contributed by atoms with Gasteiger partial charge in [-0.05, 0) is 93.8 Å². The van der Waals surface area contributed by atoms with Crippen LogP contribution in [-0.2, 0) is 11.3 Å². The number of ketones is 1. The van der Waals surface area contributed by atoms with Gasteiger partial charge in [0.1, 0.15) is 23.7 Å². The van der Waals surface area contributed by atoms with E-state index in [2.05, 4.69) is 10.3 Å². The van der Waals surface area contributed by atoms with Gasteiger partial charge in [0.25, 0.3) is 5.91 Å². The Morgan fingerprint density at radius 2 is 1.56 bits per heavy atom. The fourth-order valence-electron chi connectivity index (χ4n) is 5.64. The molecule has 0 fully saturated rings. The minimum absolute atomic E-state index is 0.0226. The molecule has 0 aliphatic carbocycles. The molecular formula is C43H46N4O7. The van der Waals surface area contributed by atoms with Gasteiger partial charge in [-0.3, -0.25) is 14.6 Å². The van der Waals surface area contributed by atoms with Crippen LogP contribution in [0.4, 0.5) is 16.2 Å². The number of ether oxygens (including phenoxy) is 4. The number of carbonyl (C=O) groups excluding carboxylic acids is 3. The van der Waals surface area contributed by atoms with Gasteiger partial charge >= 0.3 is 6.09 Å². The molecule has 0 saturated heterocycles. The maximum Gasteiger partial charge on any atom is 0.407 e. The first-order chi connectivity index (χ1) is 25.9. The van der Waals surface area contributed by atoms with Crippen LogP contribution in [0.3, 0.4) is 0 Å². The highest BCUT2D eigenvalue weighted by atomic mass is 16.6. The van der Waals surface area contributed by atoms with E-state index in [4.69, 9.17) is 24.7 Å². The van der Waals surface area contributed by atoms with E-state index in [9.17, 15) is 14.4 Å². The summed E-state index contributed by atoms with van der Waals surface area (Å²) in [6, 6.07) is 29.2. The fourth-order valence-corrected chi connectivity index (χ4v) is 5.64. The van der Waals surface area contributed by atoms with Crippen molar-refractivity contribution < 1.29 is 33.3 Å². The maximum atomic E-state index is 14.0. The maximum absolute atomic E-state index is 14.0. The molecule has 3 N–H and O–H groups in total. The lowest BCUT2D eigenvalue weighted by atomic mass is 9.98. The Hall–Kier alpha value is -6.36. The van der Waals surface area contributed by atoms with Crippen LogP contribution in [-0.4, -0.2) is 55.7 Å². The predicted molar refractivity (Wildman–Crippen MR) is 210 cm³/mol. The number of hydrogen-bond acceptors (Lipinski definition) is 9. The average Bonchev–Trinajstić information content (AvgIpc) is 3.16. The number of nitrogens with zero attached hydrogens (tertiary/aromatic N) is 2. The van der Waals surface area contributed by atoms with Crippen molar-refractivity contribution in [1.82, 2.24) is 10.3 Å². The monoisotopic (exact) mass is 730 g/mol. The number of methoxy groups -OCH3 is 1. The number of benzene rings is 4. The van der Waals surface area contributed by atoms with Crippen molar-refractivity contribution in [2.45, 2.75) is 46.3 Å². The zero-order valence-electron chi connectivity index (χ0n) is 31.5. The number of carbonyl (C=O) groups is 3. The van der Waals surface area contributed by atoms with Crippen LogP contribution in [0.1, 0.15) is 64.6 Å². The molecule has 0 aliphatic heterocycles. The first-order valence-electron chi connectivity index (χ1n) is 17.6. The Morgan fingerprint density at radius 3 is 2.26 bits per heavy atom. The predicted octanol–water partition coefficient (Wildman–Crippen LogP) is 8.03. The zero-order valence-corrected chi connectivity index (χ0v) is 31.5. The molecule has 2 amide bonds. The van der Waals surface area contributed by atoms with Crippen LogP contribution < -0.4 is 30.2 Å². The molecule has 0 saturated carbocycles. The Labute approximate surface area is 316 Å². The molecule has 0 spiro atoms. The minimum atomic E-state index is -0.596. The smallest absolute Gasteiger partial charge is 0.407 e. The number of anilines is 2. The van der Waals surface area contributed by atoms with Gasteiger partial charge in [0.15, 0.2) is 5.75 Å². The Kier molecular flexibility index (Phi) is 12.5. The van der Waals surface area contributed by atoms with Gasteiger partial charge in [0.2, 0.25) is 5.78 Å². The number of aromatic nitrogens is 1. The minimum Gasteiger partial charge on any atom is -0.494 e. The van der Waals surface area contributed by atoms with Crippen molar-refractivity contribution in [2.75, 3.05) is 37.9 Å². The molecule has 0 unspecified atom stereocenters. The van der Waals surface area contributed by atoms with Gasteiger partial charge in [0.05, 0.1) is 47.5 Å². The molecule has 1 heterocycles. The second kappa shape index (κ2) is 17.4. The fraction of sp³-hybridized carbons (Fsp3) is 0.256. The Morgan fingerprint density at radius 1 is 0.833 bits per heavy atom. The normalized spacial score (nSPS) is 11.0. The lowest BCUT2D eigenvalue weighted by Gasteiger charge is -2.23. The number of nitrogens with two attached hydrogens (primary N) is 1. The van der Waals surface area contributed by atoms with E-state index < -0.39 is 23.4 Å².